The molecule has 5 nitrogen and oxygen atoms in total. The van der Waals surface area contributed by atoms with E-state index in [1.54, 1.807) is 30.3 Å². The summed E-state index contributed by atoms with van der Waals surface area (Å²) in [6.07, 6.45) is 5.80. The fraction of sp³-hybridized carbons (Fsp3) is 0.143. The lowest BCUT2D eigenvalue weighted by Crippen LogP contribution is -2.53. The van der Waals surface area contributed by atoms with Gasteiger partial charge in [0.05, 0.1) is 0 Å². The van der Waals surface area contributed by atoms with Crippen LogP contribution in [0.15, 0.2) is 54.6 Å². The first kappa shape index (κ1) is 12.9. The van der Waals surface area contributed by atoms with Gasteiger partial charge in [-0.2, -0.15) is 0 Å². The van der Waals surface area contributed by atoms with Crippen LogP contribution in [0, 0.1) is 5.92 Å². The van der Waals surface area contributed by atoms with Gasteiger partial charge < -0.3 is 15.5 Å². The van der Waals surface area contributed by atoms with Gasteiger partial charge in [0.2, 0.25) is 0 Å². The zero-order valence-corrected chi connectivity index (χ0v) is 9.98. The number of para-hydroxylation sites is 1. The van der Waals surface area contributed by atoms with Crippen molar-refractivity contribution in [3.8, 4) is 0 Å². The molecule has 0 spiro atoms. The highest BCUT2D eigenvalue weighted by molar-refractivity contribution is 5.94. The van der Waals surface area contributed by atoms with Crippen molar-refractivity contribution in [2.24, 2.45) is 5.92 Å². The van der Waals surface area contributed by atoms with E-state index in [-0.39, 0.29) is 0 Å². The average Bonchev–Trinajstić information content (AvgIpc) is 2.40. The van der Waals surface area contributed by atoms with Crippen LogP contribution in [-0.2, 0) is 9.59 Å². The number of allylic oxidation sites excluding steroid dienone is 2. The summed E-state index contributed by atoms with van der Waals surface area (Å²) in [6, 6.07) is 8.67. The van der Waals surface area contributed by atoms with Gasteiger partial charge in [-0.05, 0) is 18.2 Å². The van der Waals surface area contributed by atoms with Gasteiger partial charge in [0.15, 0.2) is 5.54 Å². The molecule has 5 heteroatoms. The summed E-state index contributed by atoms with van der Waals surface area (Å²) in [7, 11) is 0. The highest BCUT2D eigenvalue weighted by Gasteiger charge is 2.47. The van der Waals surface area contributed by atoms with E-state index < -0.39 is 23.4 Å². The molecule has 0 amide bonds. The lowest BCUT2D eigenvalue weighted by Gasteiger charge is -2.33. The predicted molar refractivity (Wildman–Crippen MR) is 69.8 cm³/mol. The Bertz CT molecular complexity index is 550. The summed E-state index contributed by atoms with van der Waals surface area (Å²) in [6.45, 7) is 0. The van der Waals surface area contributed by atoms with Gasteiger partial charge >= 0.3 is 11.9 Å². The van der Waals surface area contributed by atoms with Crippen LogP contribution in [-0.4, -0.2) is 27.7 Å². The largest absolute Gasteiger partial charge is 0.481 e. The molecule has 0 heterocycles. The topological polar surface area (TPSA) is 86.6 Å². The fourth-order valence-electron chi connectivity index (χ4n) is 2.05. The number of nitrogens with one attached hydrogen (secondary N) is 1. The first-order chi connectivity index (χ1) is 9.06. The molecule has 2 atom stereocenters. The maximum Gasteiger partial charge on any atom is 0.334 e. The lowest BCUT2D eigenvalue weighted by molar-refractivity contribution is -0.150. The number of carboxylic acid groups (broad SMARTS) is 2. The number of aliphatic carboxylic acids is 2. The molecule has 0 aliphatic heterocycles. The summed E-state index contributed by atoms with van der Waals surface area (Å²) in [5.41, 5.74) is -1.13. The molecule has 1 aliphatic rings. The van der Waals surface area contributed by atoms with Crippen molar-refractivity contribution in [1.82, 2.24) is 0 Å². The minimum atomic E-state index is -1.68. The Labute approximate surface area is 109 Å². The third-order valence-corrected chi connectivity index (χ3v) is 3.01. The molecule has 1 aliphatic carbocycles. The van der Waals surface area contributed by atoms with Crippen LogP contribution in [0.25, 0.3) is 0 Å². The van der Waals surface area contributed by atoms with Gasteiger partial charge in [-0.15, -0.1) is 0 Å². The number of rotatable bonds is 4. The molecule has 0 saturated carbocycles. The maximum atomic E-state index is 11.6. The summed E-state index contributed by atoms with van der Waals surface area (Å²) < 4.78 is 0. The number of benzene rings is 1. The molecule has 0 aromatic heterocycles. The van der Waals surface area contributed by atoms with Crippen molar-refractivity contribution in [2.75, 3.05) is 5.32 Å². The van der Waals surface area contributed by atoms with Gasteiger partial charge in [0, 0.05) is 5.69 Å². The van der Waals surface area contributed by atoms with Crippen molar-refractivity contribution in [3.63, 3.8) is 0 Å². The number of hydrogen-bond donors (Lipinski definition) is 3. The first-order valence-corrected chi connectivity index (χ1v) is 5.72. The van der Waals surface area contributed by atoms with Gasteiger partial charge in [0.25, 0.3) is 0 Å². The Morgan fingerprint density at radius 1 is 1.11 bits per heavy atom. The minimum Gasteiger partial charge on any atom is -0.481 e. The SMILES string of the molecule is O=C(O)C1C=CC=CC1(Nc1ccccc1)C(=O)O. The molecular weight excluding hydrogens is 246 g/mol. The Morgan fingerprint density at radius 3 is 2.37 bits per heavy atom. The average molecular weight is 259 g/mol. The molecule has 0 bridgehead atoms. The van der Waals surface area contributed by atoms with E-state index in [2.05, 4.69) is 5.32 Å². The third kappa shape index (κ3) is 2.35. The summed E-state index contributed by atoms with van der Waals surface area (Å²) >= 11 is 0. The molecule has 2 rings (SSSR count). The molecule has 2 unspecified atom stereocenters. The monoisotopic (exact) mass is 259 g/mol. The van der Waals surface area contributed by atoms with Crippen molar-refractivity contribution in [3.05, 3.63) is 54.6 Å². The number of carbonyl (C=O) groups is 2. The van der Waals surface area contributed by atoms with Gasteiger partial charge in [-0.25, -0.2) is 4.79 Å². The van der Waals surface area contributed by atoms with Crippen molar-refractivity contribution in [1.29, 1.82) is 0 Å². The second-order valence-electron chi connectivity index (χ2n) is 4.23. The van der Waals surface area contributed by atoms with Crippen LogP contribution in [0.3, 0.4) is 0 Å². The molecule has 0 fully saturated rings. The molecule has 19 heavy (non-hydrogen) atoms. The lowest BCUT2D eigenvalue weighted by atomic mass is 9.80. The zero-order valence-electron chi connectivity index (χ0n) is 9.98. The quantitative estimate of drug-likeness (QED) is 0.766. The Hall–Kier alpha value is -2.56. The number of carboxylic acids is 2. The van der Waals surface area contributed by atoms with Crippen molar-refractivity contribution in [2.45, 2.75) is 5.54 Å². The van der Waals surface area contributed by atoms with E-state index in [0.717, 1.165) is 0 Å². The highest BCUT2D eigenvalue weighted by Crippen LogP contribution is 2.29. The van der Waals surface area contributed by atoms with E-state index in [1.165, 1.54) is 24.3 Å². The van der Waals surface area contributed by atoms with E-state index in [1.807, 2.05) is 0 Å². The van der Waals surface area contributed by atoms with Gasteiger partial charge in [-0.3, -0.25) is 4.79 Å². The summed E-state index contributed by atoms with van der Waals surface area (Å²) in [5, 5.41) is 21.5. The molecule has 1 aromatic carbocycles. The Balaban J connectivity index is 2.42. The van der Waals surface area contributed by atoms with Crippen LogP contribution in [0.1, 0.15) is 0 Å². The summed E-state index contributed by atoms with van der Waals surface area (Å²) in [4.78, 5) is 22.9. The molecule has 0 radical (unpaired) electrons. The highest BCUT2D eigenvalue weighted by atomic mass is 16.4. The second kappa shape index (κ2) is 4.97. The summed E-state index contributed by atoms with van der Waals surface area (Å²) in [5.74, 6) is -3.59. The third-order valence-electron chi connectivity index (χ3n) is 3.01. The number of anilines is 1. The van der Waals surface area contributed by atoms with Crippen LogP contribution in [0.4, 0.5) is 5.69 Å². The van der Waals surface area contributed by atoms with Gasteiger partial charge in [-0.1, -0.05) is 36.4 Å². The van der Waals surface area contributed by atoms with E-state index >= 15 is 0 Å². The molecule has 3 N–H and O–H groups in total. The molecule has 98 valence electrons. The smallest absolute Gasteiger partial charge is 0.334 e. The van der Waals surface area contributed by atoms with Crippen LogP contribution < -0.4 is 5.32 Å². The Kier molecular flexibility index (Phi) is 3.37. The normalized spacial score (nSPS) is 24.9. The maximum absolute atomic E-state index is 11.6. The Morgan fingerprint density at radius 2 is 1.79 bits per heavy atom. The molecular formula is C14H13NO4. The molecule has 0 saturated heterocycles. The van der Waals surface area contributed by atoms with Gasteiger partial charge in [0.1, 0.15) is 5.92 Å². The van der Waals surface area contributed by atoms with E-state index in [9.17, 15) is 19.8 Å². The minimum absolute atomic E-state index is 0.552. The second-order valence-corrected chi connectivity index (χ2v) is 4.23. The van der Waals surface area contributed by atoms with Crippen LogP contribution in [0.2, 0.25) is 0 Å². The first-order valence-electron chi connectivity index (χ1n) is 5.72. The zero-order chi connectivity index (χ0) is 13.9. The van der Waals surface area contributed by atoms with Crippen molar-refractivity contribution < 1.29 is 19.8 Å². The standard InChI is InChI=1S/C14H13NO4/c16-12(17)11-8-4-5-9-14(11,13(18)19)15-10-6-2-1-3-7-10/h1-9,11,15H,(H,16,17)(H,18,19). The fourth-order valence-corrected chi connectivity index (χ4v) is 2.05. The van der Waals surface area contributed by atoms with Crippen LogP contribution in [0.5, 0.6) is 0 Å². The molecule has 1 aromatic rings. The van der Waals surface area contributed by atoms with E-state index in [0.29, 0.717) is 5.69 Å². The van der Waals surface area contributed by atoms with Crippen molar-refractivity contribution >= 4 is 17.6 Å². The predicted octanol–water partition coefficient (Wildman–Crippen LogP) is 1.75. The van der Waals surface area contributed by atoms with E-state index in [4.69, 9.17) is 0 Å². The van der Waals surface area contributed by atoms with Crippen LogP contribution >= 0.6 is 0 Å². The number of hydrogen-bond acceptors (Lipinski definition) is 3.